The van der Waals surface area contributed by atoms with Gasteiger partial charge in [0.05, 0.1) is 5.69 Å². The number of H-pyrrole nitrogens is 1. The zero-order chi connectivity index (χ0) is 14.2. The van der Waals surface area contributed by atoms with Crippen molar-refractivity contribution in [2.45, 2.75) is 46.1 Å². The summed E-state index contributed by atoms with van der Waals surface area (Å²) in [5, 5.41) is 10.00. The predicted octanol–water partition coefficient (Wildman–Crippen LogP) is 3.74. The number of imidazole rings is 1. The number of aromatic amines is 1. The third-order valence-electron chi connectivity index (χ3n) is 3.32. The molecule has 0 saturated carbocycles. The Labute approximate surface area is 114 Å². The Morgan fingerprint density at radius 2 is 1.74 bits per heavy atom. The lowest BCUT2D eigenvalue weighted by molar-refractivity contribution is 0.0696. The maximum Gasteiger partial charge on any atom is 0.138 e. The van der Waals surface area contributed by atoms with Gasteiger partial charge in [-0.1, -0.05) is 38.1 Å². The number of aryl methyl sites for hydroxylation is 1. The molecule has 0 fully saturated rings. The van der Waals surface area contributed by atoms with E-state index in [9.17, 15) is 5.11 Å². The van der Waals surface area contributed by atoms with Crippen LogP contribution < -0.4 is 0 Å². The quantitative estimate of drug-likeness (QED) is 0.881. The molecule has 0 saturated heterocycles. The average molecular weight is 258 g/mol. The Morgan fingerprint density at radius 3 is 2.16 bits per heavy atom. The highest BCUT2D eigenvalue weighted by atomic mass is 16.3. The fourth-order valence-corrected chi connectivity index (χ4v) is 2.06. The topological polar surface area (TPSA) is 48.9 Å². The van der Waals surface area contributed by atoms with Gasteiger partial charge in [0.25, 0.3) is 0 Å². The monoisotopic (exact) mass is 258 g/mol. The molecular formula is C16H22N2O. The number of nitrogens with one attached hydrogen (secondary N) is 1. The van der Waals surface area contributed by atoms with E-state index in [2.05, 4.69) is 48.1 Å². The lowest BCUT2D eigenvalue weighted by atomic mass is 10.0. The number of aromatic nitrogens is 2. The van der Waals surface area contributed by atoms with Crippen molar-refractivity contribution in [2.24, 2.45) is 0 Å². The third-order valence-corrected chi connectivity index (χ3v) is 3.32. The molecule has 3 nitrogen and oxygen atoms in total. The van der Waals surface area contributed by atoms with Crippen molar-refractivity contribution in [1.82, 2.24) is 9.97 Å². The standard InChI is InChI=1S/C16H22N2O/c1-10(2)12-6-8-13(9-7-12)14-11(3)17-15(18-14)16(4,5)19/h6-10,19H,1-5H3,(H,17,18). The molecule has 1 heterocycles. The van der Waals surface area contributed by atoms with E-state index in [0.29, 0.717) is 11.7 Å². The zero-order valence-electron chi connectivity index (χ0n) is 12.3. The van der Waals surface area contributed by atoms with E-state index in [4.69, 9.17) is 0 Å². The van der Waals surface area contributed by atoms with E-state index in [-0.39, 0.29) is 0 Å². The van der Waals surface area contributed by atoms with Gasteiger partial charge in [0.2, 0.25) is 0 Å². The van der Waals surface area contributed by atoms with Crippen molar-refractivity contribution in [2.75, 3.05) is 0 Å². The molecule has 102 valence electrons. The summed E-state index contributed by atoms with van der Waals surface area (Å²) >= 11 is 0. The molecule has 1 aromatic carbocycles. The van der Waals surface area contributed by atoms with Crippen molar-refractivity contribution in [1.29, 1.82) is 0 Å². The predicted molar refractivity (Wildman–Crippen MR) is 78.1 cm³/mol. The second-order valence-electron chi connectivity index (χ2n) is 5.89. The first-order valence-electron chi connectivity index (χ1n) is 6.69. The fraction of sp³-hybridized carbons (Fsp3) is 0.438. The smallest absolute Gasteiger partial charge is 0.138 e. The average Bonchev–Trinajstić information content (AvgIpc) is 2.71. The molecule has 0 radical (unpaired) electrons. The molecular weight excluding hydrogens is 236 g/mol. The molecule has 0 aliphatic rings. The molecule has 2 aromatic rings. The summed E-state index contributed by atoms with van der Waals surface area (Å²) in [5.74, 6) is 1.13. The van der Waals surface area contributed by atoms with E-state index in [1.54, 1.807) is 13.8 Å². The molecule has 1 aromatic heterocycles. The van der Waals surface area contributed by atoms with Gasteiger partial charge in [0.15, 0.2) is 0 Å². The van der Waals surface area contributed by atoms with E-state index < -0.39 is 5.60 Å². The Hall–Kier alpha value is -1.61. The second-order valence-corrected chi connectivity index (χ2v) is 5.89. The van der Waals surface area contributed by atoms with Crippen LogP contribution in [0.15, 0.2) is 24.3 Å². The minimum Gasteiger partial charge on any atom is -0.383 e. The molecule has 0 bridgehead atoms. The summed E-state index contributed by atoms with van der Waals surface area (Å²) in [6, 6.07) is 8.45. The van der Waals surface area contributed by atoms with E-state index in [0.717, 1.165) is 17.0 Å². The minimum atomic E-state index is -0.944. The van der Waals surface area contributed by atoms with Crippen molar-refractivity contribution in [3.63, 3.8) is 0 Å². The van der Waals surface area contributed by atoms with Crippen LogP contribution in [0.2, 0.25) is 0 Å². The SMILES string of the molecule is Cc1[nH]c(C(C)(C)O)nc1-c1ccc(C(C)C)cc1. The van der Waals surface area contributed by atoms with Gasteiger partial charge in [-0.25, -0.2) is 4.98 Å². The summed E-state index contributed by atoms with van der Waals surface area (Å²) in [6.07, 6.45) is 0. The lowest BCUT2D eigenvalue weighted by Gasteiger charge is -2.12. The third kappa shape index (κ3) is 2.87. The van der Waals surface area contributed by atoms with Crippen molar-refractivity contribution in [3.05, 3.63) is 41.3 Å². The maximum absolute atomic E-state index is 10.00. The maximum atomic E-state index is 10.00. The molecule has 2 N–H and O–H groups in total. The van der Waals surface area contributed by atoms with Gasteiger partial charge in [0, 0.05) is 11.3 Å². The van der Waals surface area contributed by atoms with Crippen LogP contribution in [0.1, 0.15) is 50.7 Å². The molecule has 0 unspecified atom stereocenters. The van der Waals surface area contributed by atoms with E-state index in [1.807, 2.05) is 6.92 Å². The Balaban J connectivity index is 2.39. The normalized spacial score (nSPS) is 12.2. The molecule has 19 heavy (non-hydrogen) atoms. The van der Waals surface area contributed by atoms with Crippen molar-refractivity contribution < 1.29 is 5.11 Å². The van der Waals surface area contributed by atoms with Crippen molar-refractivity contribution >= 4 is 0 Å². The van der Waals surface area contributed by atoms with Crippen LogP contribution in [-0.4, -0.2) is 15.1 Å². The Bertz CT molecular complexity index is 559. The number of aliphatic hydroxyl groups is 1. The second kappa shape index (κ2) is 4.82. The zero-order valence-corrected chi connectivity index (χ0v) is 12.3. The minimum absolute atomic E-state index is 0.529. The number of rotatable bonds is 3. The molecule has 3 heteroatoms. The van der Waals surface area contributed by atoms with Crippen molar-refractivity contribution in [3.8, 4) is 11.3 Å². The van der Waals surface area contributed by atoms with Gasteiger partial charge in [-0.3, -0.25) is 0 Å². The Morgan fingerprint density at radius 1 is 1.16 bits per heavy atom. The first-order valence-corrected chi connectivity index (χ1v) is 6.69. The van der Waals surface area contributed by atoms with Gasteiger partial charge < -0.3 is 10.1 Å². The number of nitrogens with zero attached hydrogens (tertiary/aromatic N) is 1. The van der Waals surface area contributed by atoms with Crippen LogP contribution in [0, 0.1) is 6.92 Å². The Kier molecular flexibility index (Phi) is 3.50. The molecule has 0 spiro atoms. The van der Waals surface area contributed by atoms with E-state index in [1.165, 1.54) is 5.56 Å². The van der Waals surface area contributed by atoms with E-state index >= 15 is 0 Å². The van der Waals surface area contributed by atoms with Crippen LogP contribution in [0.4, 0.5) is 0 Å². The van der Waals surface area contributed by atoms with Gasteiger partial charge in [0.1, 0.15) is 11.4 Å². The summed E-state index contributed by atoms with van der Waals surface area (Å²) in [7, 11) is 0. The molecule has 0 atom stereocenters. The first kappa shape index (κ1) is 13.8. The molecule has 2 rings (SSSR count). The van der Waals surface area contributed by atoms with Crippen LogP contribution in [-0.2, 0) is 5.60 Å². The number of hydrogen-bond acceptors (Lipinski definition) is 2. The molecule has 0 aliphatic carbocycles. The van der Waals surface area contributed by atoms with Crippen LogP contribution in [0.3, 0.4) is 0 Å². The highest BCUT2D eigenvalue weighted by molar-refractivity contribution is 5.62. The summed E-state index contributed by atoms with van der Waals surface area (Å²) in [6.45, 7) is 9.81. The van der Waals surface area contributed by atoms with Gasteiger partial charge >= 0.3 is 0 Å². The summed E-state index contributed by atoms with van der Waals surface area (Å²) in [4.78, 5) is 7.68. The largest absolute Gasteiger partial charge is 0.383 e. The lowest BCUT2D eigenvalue weighted by Crippen LogP contribution is -2.17. The highest BCUT2D eigenvalue weighted by Crippen LogP contribution is 2.26. The fourth-order valence-electron chi connectivity index (χ4n) is 2.06. The van der Waals surface area contributed by atoms with Crippen LogP contribution in [0.5, 0.6) is 0 Å². The van der Waals surface area contributed by atoms with Crippen LogP contribution in [0.25, 0.3) is 11.3 Å². The molecule has 0 amide bonds. The van der Waals surface area contributed by atoms with Gasteiger partial charge in [-0.05, 0) is 32.3 Å². The van der Waals surface area contributed by atoms with Crippen LogP contribution >= 0.6 is 0 Å². The highest BCUT2D eigenvalue weighted by Gasteiger charge is 2.22. The van der Waals surface area contributed by atoms with Gasteiger partial charge in [-0.15, -0.1) is 0 Å². The summed E-state index contributed by atoms with van der Waals surface area (Å²) < 4.78 is 0. The molecule has 0 aliphatic heterocycles. The summed E-state index contributed by atoms with van der Waals surface area (Å²) in [5.41, 5.74) is 3.34. The number of hydrogen-bond donors (Lipinski definition) is 2. The number of benzene rings is 1. The van der Waals surface area contributed by atoms with Gasteiger partial charge in [-0.2, -0.15) is 0 Å². The first-order chi connectivity index (χ1) is 8.79.